The zero-order chi connectivity index (χ0) is 11.3. The topological polar surface area (TPSA) is 41.5 Å². The summed E-state index contributed by atoms with van der Waals surface area (Å²) in [6.45, 7) is 2.68. The number of hydrogen-bond acceptors (Lipinski definition) is 3. The Morgan fingerprint density at radius 1 is 1.19 bits per heavy atom. The van der Waals surface area contributed by atoms with E-state index in [4.69, 9.17) is 4.74 Å². The monoisotopic (exact) mass is 227 g/mol. The largest absolute Gasteiger partial charge is 0.389 e. The molecule has 0 aromatic rings. The molecule has 1 atom stereocenters. The Kier molecular flexibility index (Phi) is 4.62. The highest BCUT2D eigenvalue weighted by atomic mass is 16.5. The minimum atomic E-state index is -0.409. The molecule has 2 aliphatic rings. The first-order chi connectivity index (χ1) is 7.79. The summed E-state index contributed by atoms with van der Waals surface area (Å²) in [5.41, 5.74) is -0.409. The Balaban J connectivity index is 1.54. The second-order valence-electron chi connectivity index (χ2n) is 5.39. The first kappa shape index (κ1) is 12.3. The Labute approximate surface area is 98.6 Å². The van der Waals surface area contributed by atoms with Crippen LogP contribution in [0.1, 0.15) is 51.4 Å². The third kappa shape index (κ3) is 3.72. The van der Waals surface area contributed by atoms with Crippen LogP contribution in [0.3, 0.4) is 0 Å². The molecule has 2 rings (SSSR count). The standard InChI is InChI=1S/C13H25NO2/c15-13(7-2-3-8-13)11-14-9-6-12-5-1-4-10-16-12/h12,14-15H,1-11H2. The highest BCUT2D eigenvalue weighted by Gasteiger charge is 2.30. The Bertz CT molecular complexity index is 196. The smallest absolute Gasteiger partial charge is 0.0771 e. The van der Waals surface area contributed by atoms with Gasteiger partial charge in [0.25, 0.3) is 0 Å². The summed E-state index contributed by atoms with van der Waals surface area (Å²) in [6.07, 6.45) is 9.62. The van der Waals surface area contributed by atoms with Gasteiger partial charge in [0.1, 0.15) is 0 Å². The number of aliphatic hydroxyl groups is 1. The van der Waals surface area contributed by atoms with Gasteiger partial charge in [-0.15, -0.1) is 0 Å². The first-order valence-electron chi connectivity index (χ1n) is 6.83. The Morgan fingerprint density at radius 3 is 2.69 bits per heavy atom. The zero-order valence-corrected chi connectivity index (χ0v) is 10.2. The number of hydrogen-bond donors (Lipinski definition) is 2. The maximum absolute atomic E-state index is 10.1. The van der Waals surface area contributed by atoms with Gasteiger partial charge in [0.05, 0.1) is 11.7 Å². The molecule has 1 heterocycles. The van der Waals surface area contributed by atoms with Crippen molar-refractivity contribution in [3.63, 3.8) is 0 Å². The second-order valence-corrected chi connectivity index (χ2v) is 5.39. The van der Waals surface area contributed by atoms with E-state index < -0.39 is 5.60 Å². The van der Waals surface area contributed by atoms with Gasteiger partial charge >= 0.3 is 0 Å². The van der Waals surface area contributed by atoms with Gasteiger partial charge in [0.15, 0.2) is 0 Å². The Hall–Kier alpha value is -0.120. The van der Waals surface area contributed by atoms with Crippen LogP contribution >= 0.6 is 0 Å². The van der Waals surface area contributed by atoms with Gasteiger partial charge in [0.2, 0.25) is 0 Å². The molecule has 0 bridgehead atoms. The molecule has 94 valence electrons. The van der Waals surface area contributed by atoms with E-state index in [0.717, 1.165) is 39.0 Å². The van der Waals surface area contributed by atoms with Crippen molar-refractivity contribution < 1.29 is 9.84 Å². The van der Waals surface area contributed by atoms with E-state index in [1.807, 2.05) is 0 Å². The Morgan fingerprint density at radius 2 is 2.00 bits per heavy atom. The van der Waals surface area contributed by atoms with Crippen LogP contribution in [0.4, 0.5) is 0 Å². The van der Waals surface area contributed by atoms with Crippen molar-refractivity contribution in [1.29, 1.82) is 0 Å². The van der Waals surface area contributed by atoms with Gasteiger partial charge in [-0.05, 0) is 45.1 Å². The molecule has 0 radical (unpaired) electrons. The number of rotatable bonds is 5. The minimum Gasteiger partial charge on any atom is -0.389 e. The minimum absolute atomic E-state index is 0.409. The van der Waals surface area contributed by atoms with Crippen molar-refractivity contribution in [2.75, 3.05) is 19.7 Å². The molecule has 2 N–H and O–H groups in total. The quantitative estimate of drug-likeness (QED) is 0.704. The van der Waals surface area contributed by atoms with Crippen molar-refractivity contribution >= 4 is 0 Å². The molecule has 2 fully saturated rings. The molecule has 3 nitrogen and oxygen atoms in total. The lowest BCUT2D eigenvalue weighted by Gasteiger charge is -2.25. The molecule has 16 heavy (non-hydrogen) atoms. The van der Waals surface area contributed by atoms with E-state index in [1.54, 1.807) is 0 Å². The van der Waals surface area contributed by atoms with E-state index in [-0.39, 0.29) is 0 Å². The zero-order valence-electron chi connectivity index (χ0n) is 10.2. The van der Waals surface area contributed by atoms with Crippen LogP contribution in [0.15, 0.2) is 0 Å². The number of nitrogens with one attached hydrogen (secondary N) is 1. The molecular weight excluding hydrogens is 202 g/mol. The van der Waals surface area contributed by atoms with E-state index >= 15 is 0 Å². The average Bonchev–Trinajstić information content (AvgIpc) is 2.74. The van der Waals surface area contributed by atoms with E-state index in [9.17, 15) is 5.11 Å². The van der Waals surface area contributed by atoms with Crippen LogP contribution in [0, 0.1) is 0 Å². The fraction of sp³-hybridized carbons (Fsp3) is 1.00. The van der Waals surface area contributed by atoms with Crippen molar-refractivity contribution in [3.05, 3.63) is 0 Å². The maximum atomic E-state index is 10.1. The lowest BCUT2D eigenvalue weighted by molar-refractivity contribution is 0.00882. The molecule has 1 aliphatic carbocycles. The third-order valence-electron chi connectivity index (χ3n) is 3.91. The van der Waals surface area contributed by atoms with Crippen LogP contribution in [0.2, 0.25) is 0 Å². The van der Waals surface area contributed by atoms with E-state index in [0.29, 0.717) is 6.10 Å². The molecule has 1 unspecified atom stereocenters. The lowest BCUT2D eigenvalue weighted by atomic mass is 10.0. The average molecular weight is 227 g/mol. The fourth-order valence-electron chi connectivity index (χ4n) is 2.83. The molecule has 0 aromatic heterocycles. The van der Waals surface area contributed by atoms with Gasteiger partial charge in [-0.1, -0.05) is 12.8 Å². The summed E-state index contributed by atoms with van der Waals surface area (Å²) in [5, 5.41) is 13.5. The lowest BCUT2D eigenvalue weighted by Crippen LogP contribution is -2.39. The van der Waals surface area contributed by atoms with Gasteiger partial charge in [-0.25, -0.2) is 0 Å². The van der Waals surface area contributed by atoms with Crippen molar-refractivity contribution in [1.82, 2.24) is 5.32 Å². The highest BCUT2D eigenvalue weighted by Crippen LogP contribution is 2.28. The molecule has 1 saturated carbocycles. The normalized spacial score (nSPS) is 29.4. The maximum Gasteiger partial charge on any atom is 0.0771 e. The summed E-state index contributed by atoms with van der Waals surface area (Å²) in [4.78, 5) is 0. The van der Waals surface area contributed by atoms with Crippen LogP contribution < -0.4 is 5.32 Å². The molecule has 3 heteroatoms. The van der Waals surface area contributed by atoms with Gasteiger partial charge < -0.3 is 15.2 Å². The predicted molar refractivity (Wildman–Crippen MR) is 64.5 cm³/mol. The molecule has 1 saturated heterocycles. The van der Waals surface area contributed by atoms with Crippen LogP contribution in [-0.4, -0.2) is 36.5 Å². The van der Waals surface area contributed by atoms with E-state index in [1.165, 1.54) is 32.1 Å². The van der Waals surface area contributed by atoms with Crippen molar-refractivity contribution in [2.45, 2.75) is 63.1 Å². The van der Waals surface area contributed by atoms with Crippen molar-refractivity contribution in [3.8, 4) is 0 Å². The molecule has 0 spiro atoms. The van der Waals surface area contributed by atoms with Gasteiger partial charge in [-0.2, -0.15) is 0 Å². The molecule has 0 aromatic carbocycles. The summed E-state index contributed by atoms with van der Waals surface area (Å²) >= 11 is 0. The summed E-state index contributed by atoms with van der Waals surface area (Å²) in [6, 6.07) is 0. The number of ether oxygens (including phenoxy) is 1. The fourth-order valence-corrected chi connectivity index (χ4v) is 2.83. The third-order valence-corrected chi connectivity index (χ3v) is 3.91. The molecule has 0 amide bonds. The van der Waals surface area contributed by atoms with Gasteiger partial charge in [-0.3, -0.25) is 0 Å². The summed E-state index contributed by atoms with van der Waals surface area (Å²) in [7, 11) is 0. The van der Waals surface area contributed by atoms with Crippen LogP contribution in [-0.2, 0) is 4.74 Å². The summed E-state index contributed by atoms with van der Waals surface area (Å²) in [5.74, 6) is 0. The summed E-state index contributed by atoms with van der Waals surface area (Å²) < 4.78 is 5.67. The van der Waals surface area contributed by atoms with Crippen LogP contribution in [0.5, 0.6) is 0 Å². The van der Waals surface area contributed by atoms with Gasteiger partial charge in [0, 0.05) is 13.2 Å². The molecule has 1 aliphatic heterocycles. The molecular formula is C13H25NO2. The SMILES string of the molecule is OC1(CNCCC2CCCCO2)CCCC1. The first-order valence-corrected chi connectivity index (χ1v) is 6.83. The van der Waals surface area contributed by atoms with Crippen LogP contribution in [0.25, 0.3) is 0 Å². The second kappa shape index (κ2) is 5.99. The van der Waals surface area contributed by atoms with E-state index in [2.05, 4.69) is 5.32 Å². The highest BCUT2D eigenvalue weighted by molar-refractivity contribution is 4.86. The van der Waals surface area contributed by atoms with Crippen molar-refractivity contribution in [2.24, 2.45) is 0 Å². The predicted octanol–water partition coefficient (Wildman–Crippen LogP) is 1.84.